The molecule has 0 spiro atoms. The summed E-state index contributed by atoms with van der Waals surface area (Å²) in [5, 5.41) is 0.438. The second-order valence-corrected chi connectivity index (χ2v) is 9.52. The van der Waals surface area contributed by atoms with Crippen molar-refractivity contribution in [2.75, 3.05) is 43.5 Å². The Morgan fingerprint density at radius 1 is 1.03 bits per heavy atom. The number of amides is 1. The number of nitrogens with zero attached hydrogens (tertiary/aromatic N) is 5. The number of benzene rings is 2. The van der Waals surface area contributed by atoms with Crippen molar-refractivity contribution in [2.45, 2.75) is 4.90 Å². The van der Waals surface area contributed by atoms with Gasteiger partial charge in [0.25, 0.3) is 0 Å². The molecule has 0 saturated carbocycles. The Kier molecular flexibility index (Phi) is 5.35. The molecule has 1 aliphatic heterocycles. The molecule has 8 nitrogen and oxygen atoms in total. The van der Waals surface area contributed by atoms with Crippen LogP contribution in [-0.2, 0) is 14.8 Å². The predicted octanol–water partition coefficient (Wildman–Crippen LogP) is 2.39. The van der Waals surface area contributed by atoms with E-state index in [-0.39, 0.29) is 17.3 Å². The standard InChI is InChI=1S/C20H20ClN5O3S/c1-24-11-12-26(20-19(24)22-16-5-3-4-6-17(16)23-20)18(27)13-25(2)30(28,29)15-9-7-14(21)8-10-15/h3-10H,11-13H2,1-2H3. The third-order valence-electron chi connectivity index (χ3n) is 4.99. The molecule has 0 aliphatic carbocycles. The highest BCUT2D eigenvalue weighted by Crippen LogP contribution is 2.30. The largest absolute Gasteiger partial charge is 0.355 e. The Balaban J connectivity index is 1.62. The molecule has 2 aromatic carbocycles. The van der Waals surface area contributed by atoms with Crippen molar-refractivity contribution in [3.63, 3.8) is 0 Å². The lowest BCUT2D eigenvalue weighted by Crippen LogP contribution is -2.47. The topological polar surface area (TPSA) is 86.7 Å². The first-order chi connectivity index (χ1) is 14.3. The third kappa shape index (κ3) is 3.71. The summed E-state index contributed by atoms with van der Waals surface area (Å²) < 4.78 is 26.7. The lowest BCUT2D eigenvalue weighted by molar-refractivity contribution is -0.118. The second kappa shape index (κ2) is 7.82. The summed E-state index contributed by atoms with van der Waals surface area (Å²) in [7, 11) is -0.562. The molecule has 3 aromatic rings. The zero-order chi connectivity index (χ0) is 21.5. The summed E-state index contributed by atoms with van der Waals surface area (Å²) >= 11 is 5.84. The molecule has 1 amide bonds. The van der Waals surface area contributed by atoms with Gasteiger partial charge >= 0.3 is 0 Å². The molecular formula is C20H20ClN5O3S. The maximum absolute atomic E-state index is 13.1. The molecule has 1 aromatic heterocycles. The van der Waals surface area contributed by atoms with Crippen LogP contribution in [0, 0.1) is 0 Å². The van der Waals surface area contributed by atoms with Gasteiger partial charge in [0.1, 0.15) is 0 Å². The number of rotatable bonds is 4. The Bertz CT molecular complexity index is 1220. The average Bonchev–Trinajstić information content (AvgIpc) is 2.73. The van der Waals surface area contributed by atoms with Crippen LogP contribution in [0.15, 0.2) is 53.4 Å². The van der Waals surface area contributed by atoms with Gasteiger partial charge in [-0.05, 0) is 36.4 Å². The van der Waals surface area contributed by atoms with E-state index in [2.05, 4.69) is 9.97 Å². The maximum atomic E-state index is 13.1. The number of hydrogen-bond acceptors (Lipinski definition) is 6. The van der Waals surface area contributed by atoms with E-state index in [9.17, 15) is 13.2 Å². The SMILES string of the molecule is CN1CCN(C(=O)CN(C)S(=O)(=O)c2ccc(Cl)cc2)c2nc3ccccc3nc21. The minimum Gasteiger partial charge on any atom is -0.355 e. The molecule has 30 heavy (non-hydrogen) atoms. The molecule has 1 aliphatic rings. The summed E-state index contributed by atoms with van der Waals surface area (Å²) in [5.74, 6) is 0.662. The normalized spacial score (nSPS) is 14.3. The number of carbonyl (C=O) groups is 1. The van der Waals surface area contributed by atoms with E-state index < -0.39 is 10.0 Å². The zero-order valence-electron chi connectivity index (χ0n) is 16.5. The molecule has 10 heteroatoms. The lowest BCUT2D eigenvalue weighted by Gasteiger charge is -2.34. The molecule has 0 saturated heterocycles. The van der Waals surface area contributed by atoms with Crippen LogP contribution in [-0.4, -0.2) is 62.3 Å². The number of anilines is 2. The molecule has 4 rings (SSSR count). The van der Waals surface area contributed by atoms with E-state index in [1.165, 1.54) is 36.2 Å². The Hall–Kier alpha value is -2.75. The number of sulfonamides is 1. The van der Waals surface area contributed by atoms with Crippen molar-refractivity contribution in [1.29, 1.82) is 0 Å². The van der Waals surface area contributed by atoms with E-state index in [1.807, 2.05) is 36.2 Å². The Labute approximate surface area is 179 Å². The van der Waals surface area contributed by atoms with Crippen LogP contribution >= 0.6 is 11.6 Å². The minimum atomic E-state index is -3.83. The van der Waals surface area contributed by atoms with Crippen molar-refractivity contribution in [3.05, 3.63) is 53.6 Å². The monoisotopic (exact) mass is 445 g/mol. The van der Waals surface area contributed by atoms with Gasteiger partial charge in [-0.15, -0.1) is 0 Å². The van der Waals surface area contributed by atoms with E-state index >= 15 is 0 Å². The Morgan fingerprint density at radius 3 is 2.27 bits per heavy atom. The maximum Gasteiger partial charge on any atom is 0.243 e. The average molecular weight is 446 g/mol. The van der Waals surface area contributed by atoms with Crippen molar-refractivity contribution in [1.82, 2.24) is 14.3 Å². The number of hydrogen-bond donors (Lipinski definition) is 0. The van der Waals surface area contributed by atoms with Gasteiger partial charge < -0.3 is 4.90 Å². The van der Waals surface area contributed by atoms with E-state index in [0.29, 0.717) is 35.3 Å². The fourth-order valence-electron chi connectivity index (χ4n) is 3.27. The van der Waals surface area contributed by atoms with Crippen LogP contribution in [0.3, 0.4) is 0 Å². The van der Waals surface area contributed by atoms with Crippen molar-refractivity contribution in [3.8, 4) is 0 Å². The number of para-hydroxylation sites is 2. The number of halogens is 1. The molecule has 0 fully saturated rings. The van der Waals surface area contributed by atoms with Gasteiger partial charge in [0.2, 0.25) is 15.9 Å². The lowest BCUT2D eigenvalue weighted by atomic mass is 10.2. The minimum absolute atomic E-state index is 0.0757. The fourth-order valence-corrected chi connectivity index (χ4v) is 4.52. The quantitative estimate of drug-likeness (QED) is 0.612. The van der Waals surface area contributed by atoms with Gasteiger partial charge in [-0.2, -0.15) is 4.31 Å². The van der Waals surface area contributed by atoms with E-state index in [0.717, 1.165) is 9.82 Å². The van der Waals surface area contributed by atoms with Crippen LogP contribution < -0.4 is 9.80 Å². The van der Waals surface area contributed by atoms with Gasteiger partial charge in [-0.25, -0.2) is 18.4 Å². The highest BCUT2D eigenvalue weighted by atomic mass is 35.5. The van der Waals surface area contributed by atoms with Crippen molar-refractivity contribution < 1.29 is 13.2 Å². The highest BCUT2D eigenvalue weighted by Gasteiger charge is 2.31. The van der Waals surface area contributed by atoms with Gasteiger partial charge in [-0.3, -0.25) is 9.69 Å². The van der Waals surface area contributed by atoms with E-state index in [1.54, 1.807) is 0 Å². The summed E-state index contributed by atoms with van der Waals surface area (Å²) in [6.45, 7) is 0.645. The number of carbonyl (C=O) groups excluding carboxylic acids is 1. The first-order valence-corrected chi connectivity index (χ1v) is 11.1. The molecule has 0 atom stereocenters. The van der Waals surface area contributed by atoms with Crippen molar-refractivity contribution in [2.24, 2.45) is 0 Å². The Morgan fingerprint density at radius 2 is 1.63 bits per heavy atom. The summed E-state index contributed by atoms with van der Waals surface area (Å²) in [6.07, 6.45) is 0. The molecule has 156 valence electrons. The van der Waals surface area contributed by atoms with Crippen LogP contribution in [0.25, 0.3) is 11.0 Å². The first-order valence-electron chi connectivity index (χ1n) is 9.27. The summed E-state index contributed by atoms with van der Waals surface area (Å²) in [6, 6.07) is 13.3. The summed E-state index contributed by atoms with van der Waals surface area (Å²) in [4.78, 5) is 25.8. The van der Waals surface area contributed by atoms with E-state index in [4.69, 9.17) is 11.6 Å². The number of aromatic nitrogens is 2. The number of fused-ring (bicyclic) bond motifs is 2. The molecule has 0 unspecified atom stereocenters. The molecule has 0 bridgehead atoms. The fraction of sp³-hybridized carbons (Fsp3) is 0.250. The molecule has 2 heterocycles. The number of likely N-dealkylation sites (N-methyl/N-ethyl adjacent to an activating group) is 2. The van der Waals surface area contributed by atoms with Gasteiger partial charge in [-0.1, -0.05) is 23.7 Å². The predicted molar refractivity (Wildman–Crippen MR) is 116 cm³/mol. The molecular weight excluding hydrogens is 426 g/mol. The molecule has 0 N–H and O–H groups in total. The highest BCUT2D eigenvalue weighted by molar-refractivity contribution is 7.89. The zero-order valence-corrected chi connectivity index (χ0v) is 18.1. The second-order valence-electron chi connectivity index (χ2n) is 7.04. The summed E-state index contributed by atoms with van der Waals surface area (Å²) in [5.41, 5.74) is 1.41. The smallest absolute Gasteiger partial charge is 0.243 e. The van der Waals surface area contributed by atoms with Crippen LogP contribution in [0.4, 0.5) is 11.6 Å². The van der Waals surface area contributed by atoms with Gasteiger partial charge in [0.15, 0.2) is 11.6 Å². The molecule has 0 radical (unpaired) electrons. The third-order valence-corrected chi connectivity index (χ3v) is 7.06. The van der Waals surface area contributed by atoms with Crippen molar-refractivity contribution >= 4 is 50.2 Å². The van der Waals surface area contributed by atoms with Gasteiger partial charge in [0.05, 0.1) is 22.5 Å². The van der Waals surface area contributed by atoms with Gasteiger partial charge in [0, 0.05) is 32.2 Å². The van der Waals surface area contributed by atoms with Crippen LogP contribution in [0.1, 0.15) is 0 Å². The first kappa shape index (κ1) is 20.5. The van der Waals surface area contributed by atoms with Crippen LogP contribution in [0.2, 0.25) is 5.02 Å². The van der Waals surface area contributed by atoms with Crippen LogP contribution in [0.5, 0.6) is 0 Å².